The minimum atomic E-state index is -0.700. The molecule has 0 fully saturated rings. The predicted molar refractivity (Wildman–Crippen MR) is 65.4 cm³/mol. The van der Waals surface area contributed by atoms with Gasteiger partial charge in [-0.25, -0.2) is 0 Å². The Morgan fingerprint density at radius 3 is 2.53 bits per heavy atom. The summed E-state index contributed by atoms with van der Waals surface area (Å²) in [6, 6.07) is -0.700. The Labute approximate surface area is 104 Å². The smallest absolute Gasteiger partial charge is 0.305 e. The summed E-state index contributed by atoms with van der Waals surface area (Å²) in [5, 5.41) is 0. The van der Waals surface area contributed by atoms with Crippen LogP contribution in [0.25, 0.3) is 0 Å². The first-order valence-electron chi connectivity index (χ1n) is 5.27. The summed E-state index contributed by atoms with van der Waals surface area (Å²) in [6.45, 7) is 2.02. The van der Waals surface area contributed by atoms with E-state index in [-0.39, 0.29) is 18.2 Å². The van der Waals surface area contributed by atoms with E-state index in [1.807, 2.05) is 0 Å². The first kappa shape index (κ1) is 15.9. The van der Waals surface area contributed by atoms with Crippen molar-refractivity contribution >= 4 is 29.4 Å². The first-order chi connectivity index (χ1) is 7.97. The summed E-state index contributed by atoms with van der Waals surface area (Å²) in [4.78, 5) is 32.5. The van der Waals surface area contributed by atoms with Crippen molar-refractivity contribution in [2.24, 2.45) is 11.5 Å². The summed E-state index contributed by atoms with van der Waals surface area (Å²) in [5.41, 5.74) is 10.4. The zero-order chi connectivity index (χ0) is 13.3. The van der Waals surface area contributed by atoms with Crippen LogP contribution in [-0.4, -0.2) is 41.8 Å². The maximum atomic E-state index is 11.2. The maximum absolute atomic E-state index is 11.2. The van der Waals surface area contributed by atoms with Crippen molar-refractivity contribution in [3.8, 4) is 0 Å². The average molecular weight is 262 g/mol. The summed E-state index contributed by atoms with van der Waals surface area (Å²) in [7, 11) is 0. The number of carbonyl (C=O) groups excluding carboxylic acids is 3. The number of amides is 1. The van der Waals surface area contributed by atoms with Crippen LogP contribution in [0, 0.1) is 0 Å². The molecular weight excluding hydrogens is 244 g/mol. The number of primary amides is 1. The summed E-state index contributed by atoms with van der Waals surface area (Å²) >= 11 is 1.39. The molecule has 1 amide bonds. The van der Waals surface area contributed by atoms with Crippen molar-refractivity contribution in [2.45, 2.75) is 25.8 Å². The number of hydrogen-bond acceptors (Lipinski definition) is 6. The average Bonchev–Trinajstić information content (AvgIpc) is 2.26. The number of ketones is 1. The molecule has 0 radical (unpaired) electrons. The Kier molecular flexibility index (Phi) is 8.43. The van der Waals surface area contributed by atoms with Crippen LogP contribution in [-0.2, 0) is 19.1 Å². The van der Waals surface area contributed by atoms with Gasteiger partial charge in [0.15, 0.2) is 5.78 Å². The van der Waals surface area contributed by atoms with Crippen LogP contribution in [0.4, 0.5) is 0 Å². The van der Waals surface area contributed by atoms with E-state index >= 15 is 0 Å². The predicted octanol–water partition coefficient (Wildman–Crippen LogP) is -0.555. The molecule has 4 N–H and O–H groups in total. The van der Waals surface area contributed by atoms with Gasteiger partial charge in [0, 0.05) is 17.9 Å². The van der Waals surface area contributed by atoms with E-state index in [1.165, 1.54) is 11.8 Å². The number of Topliss-reactive ketones (excluding diaryl/α,β-unsaturated/α-hetero) is 1. The van der Waals surface area contributed by atoms with E-state index in [1.54, 1.807) is 6.92 Å². The number of carbonyl (C=O) groups is 3. The fourth-order valence-electron chi connectivity index (χ4n) is 0.923. The summed E-state index contributed by atoms with van der Waals surface area (Å²) in [5.74, 6) is -0.332. The van der Waals surface area contributed by atoms with E-state index in [2.05, 4.69) is 0 Å². The van der Waals surface area contributed by atoms with Gasteiger partial charge in [-0.2, -0.15) is 11.8 Å². The number of ether oxygens (including phenoxy) is 1. The molecule has 0 saturated heterocycles. The summed E-state index contributed by atoms with van der Waals surface area (Å²) < 4.78 is 4.84. The number of hydrogen-bond donors (Lipinski definition) is 2. The molecule has 0 aromatic rings. The van der Waals surface area contributed by atoms with Gasteiger partial charge in [-0.15, -0.1) is 0 Å². The monoisotopic (exact) mass is 262 g/mol. The molecule has 6 nitrogen and oxygen atoms in total. The quantitative estimate of drug-likeness (QED) is 0.327. The Morgan fingerprint density at radius 2 is 2.00 bits per heavy atom. The zero-order valence-electron chi connectivity index (χ0n) is 9.81. The van der Waals surface area contributed by atoms with E-state index in [0.717, 1.165) is 0 Å². The Bertz CT molecular complexity index is 283. The molecule has 0 aliphatic rings. The van der Waals surface area contributed by atoms with Crippen molar-refractivity contribution in [2.75, 3.05) is 18.1 Å². The van der Waals surface area contributed by atoms with Crippen LogP contribution in [0.15, 0.2) is 0 Å². The van der Waals surface area contributed by atoms with Crippen LogP contribution in [0.5, 0.6) is 0 Å². The van der Waals surface area contributed by atoms with Gasteiger partial charge in [0.05, 0.1) is 12.5 Å². The fourth-order valence-corrected chi connectivity index (χ4v) is 1.73. The first-order valence-corrected chi connectivity index (χ1v) is 6.42. The fraction of sp³-hybridized carbons (Fsp3) is 0.700. The van der Waals surface area contributed by atoms with Crippen molar-refractivity contribution in [1.82, 2.24) is 0 Å². The van der Waals surface area contributed by atoms with Gasteiger partial charge in [-0.3, -0.25) is 14.4 Å². The van der Waals surface area contributed by atoms with Crippen LogP contribution in [0.2, 0.25) is 0 Å². The largest absolute Gasteiger partial charge is 0.465 e. The molecule has 1 atom stereocenters. The van der Waals surface area contributed by atoms with Gasteiger partial charge >= 0.3 is 5.97 Å². The topological polar surface area (TPSA) is 112 Å². The number of rotatable bonds is 9. The lowest BCUT2D eigenvalue weighted by atomic mass is 10.1. The standard InChI is InChI=1S/C10H18N2O4S/c1-2-10(15)16-3-4-17-6-7(11)8(13)5-9(12)14/h7H,2-6,11H2,1H3,(H2,12,14)/t7-/m0/s1. The van der Waals surface area contributed by atoms with Gasteiger partial charge in [0.25, 0.3) is 0 Å². The molecule has 0 aromatic heterocycles. The number of nitrogens with two attached hydrogens (primary N) is 2. The van der Waals surface area contributed by atoms with Gasteiger partial charge in [0.2, 0.25) is 5.91 Å². The van der Waals surface area contributed by atoms with Crippen molar-refractivity contribution in [1.29, 1.82) is 0 Å². The van der Waals surface area contributed by atoms with E-state index in [9.17, 15) is 14.4 Å². The third-order valence-corrected chi connectivity index (χ3v) is 2.89. The number of esters is 1. The molecule has 0 bridgehead atoms. The molecule has 0 saturated carbocycles. The SMILES string of the molecule is CCC(=O)OCCSC[C@H](N)C(=O)CC(N)=O. The van der Waals surface area contributed by atoms with Crippen LogP contribution < -0.4 is 11.5 Å². The van der Waals surface area contributed by atoms with Crippen molar-refractivity contribution in [3.05, 3.63) is 0 Å². The molecule has 0 spiro atoms. The molecule has 0 aliphatic heterocycles. The highest BCUT2D eigenvalue weighted by Crippen LogP contribution is 2.04. The second-order valence-corrected chi connectivity index (χ2v) is 4.51. The van der Waals surface area contributed by atoms with Crippen LogP contribution in [0.3, 0.4) is 0 Å². The summed E-state index contributed by atoms with van der Waals surface area (Å²) in [6.07, 6.45) is 0.0217. The lowest BCUT2D eigenvalue weighted by Gasteiger charge is -2.09. The highest BCUT2D eigenvalue weighted by atomic mass is 32.2. The van der Waals surface area contributed by atoms with Gasteiger partial charge in [0.1, 0.15) is 6.61 Å². The molecule has 0 unspecified atom stereocenters. The Balaban J connectivity index is 3.57. The highest BCUT2D eigenvalue weighted by molar-refractivity contribution is 7.99. The Hall–Kier alpha value is -1.08. The zero-order valence-corrected chi connectivity index (χ0v) is 10.6. The minimum absolute atomic E-state index is 0.250. The number of thioether (sulfide) groups is 1. The molecule has 0 rings (SSSR count). The second-order valence-electron chi connectivity index (χ2n) is 3.36. The van der Waals surface area contributed by atoms with E-state index < -0.39 is 11.9 Å². The van der Waals surface area contributed by atoms with Crippen LogP contribution in [0.1, 0.15) is 19.8 Å². The maximum Gasteiger partial charge on any atom is 0.305 e. The van der Waals surface area contributed by atoms with Gasteiger partial charge in [-0.1, -0.05) is 6.92 Å². The molecule has 0 aromatic carbocycles. The van der Waals surface area contributed by atoms with Crippen molar-refractivity contribution < 1.29 is 19.1 Å². The third-order valence-electron chi connectivity index (χ3n) is 1.84. The van der Waals surface area contributed by atoms with Crippen LogP contribution >= 0.6 is 11.8 Å². The molecule has 0 heterocycles. The van der Waals surface area contributed by atoms with Gasteiger partial charge in [-0.05, 0) is 0 Å². The minimum Gasteiger partial charge on any atom is -0.465 e. The van der Waals surface area contributed by atoms with Crippen molar-refractivity contribution in [3.63, 3.8) is 0 Å². The van der Waals surface area contributed by atoms with Gasteiger partial charge < -0.3 is 16.2 Å². The molecule has 17 heavy (non-hydrogen) atoms. The molecule has 0 aliphatic carbocycles. The molecular formula is C10H18N2O4S. The molecule has 7 heteroatoms. The normalized spacial score (nSPS) is 11.9. The molecule has 98 valence electrons. The van der Waals surface area contributed by atoms with E-state index in [4.69, 9.17) is 16.2 Å². The van der Waals surface area contributed by atoms with E-state index in [0.29, 0.717) is 24.5 Å². The lowest BCUT2D eigenvalue weighted by molar-refractivity contribution is -0.142. The third kappa shape index (κ3) is 8.70. The lowest BCUT2D eigenvalue weighted by Crippen LogP contribution is -2.35. The second kappa shape index (κ2) is 9.00. The Morgan fingerprint density at radius 1 is 1.35 bits per heavy atom. The highest BCUT2D eigenvalue weighted by Gasteiger charge is 2.15.